The molecule has 3 rings (SSSR count). The van der Waals surface area contributed by atoms with E-state index >= 15 is 0 Å². The number of furan rings is 1. The van der Waals surface area contributed by atoms with Crippen LogP contribution in [-0.4, -0.2) is 48.4 Å². The Balaban J connectivity index is 1.40. The second-order valence-electron chi connectivity index (χ2n) is 6.48. The van der Waals surface area contributed by atoms with Crippen LogP contribution in [0.25, 0.3) is 0 Å². The molecule has 1 aromatic heterocycles. The number of benzene rings is 1. The third-order valence-corrected chi connectivity index (χ3v) is 4.75. The maximum absolute atomic E-state index is 12.2. The highest BCUT2D eigenvalue weighted by atomic mass is 35.5. The van der Waals surface area contributed by atoms with Crippen molar-refractivity contribution in [3.63, 3.8) is 0 Å². The van der Waals surface area contributed by atoms with Crippen molar-refractivity contribution in [1.82, 2.24) is 15.1 Å². The van der Waals surface area contributed by atoms with Crippen LogP contribution < -0.4 is 5.32 Å². The number of carbonyl (C=O) groups is 1. The minimum atomic E-state index is -0.103. The normalized spacial score (nSPS) is 17.4. The Bertz CT molecular complexity index is 664. The Morgan fingerprint density at radius 1 is 1.16 bits per heavy atom. The highest BCUT2D eigenvalue weighted by molar-refractivity contribution is 6.30. The minimum absolute atomic E-state index is 0.0371. The molecule has 1 atom stereocenters. The molecular weight excluding hydrogens is 338 g/mol. The summed E-state index contributed by atoms with van der Waals surface area (Å²) in [6.45, 7) is 7.01. The van der Waals surface area contributed by atoms with Gasteiger partial charge in [0, 0.05) is 37.7 Å². The Kier molecular flexibility index (Phi) is 6.13. The van der Waals surface area contributed by atoms with Gasteiger partial charge in [0.2, 0.25) is 5.91 Å². The first-order valence-corrected chi connectivity index (χ1v) is 9.00. The first-order valence-electron chi connectivity index (χ1n) is 8.62. The van der Waals surface area contributed by atoms with Crippen molar-refractivity contribution in [2.24, 2.45) is 0 Å². The molecule has 1 aromatic carbocycles. The van der Waals surface area contributed by atoms with Gasteiger partial charge in [-0.05, 0) is 36.8 Å². The summed E-state index contributed by atoms with van der Waals surface area (Å²) >= 11 is 5.93. The number of hydrogen-bond donors (Lipinski definition) is 1. The van der Waals surface area contributed by atoms with Crippen LogP contribution in [0.2, 0.25) is 5.02 Å². The van der Waals surface area contributed by atoms with Crippen molar-refractivity contribution in [2.75, 3.05) is 32.7 Å². The van der Waals surface area contributed by atoms with E-state index in [1.165, 1.54) is 5.56 Å². The number of halogens is 1. The number of piperazine rings is 1. The number of rotatable bonds is 6. The van der Waals surface area contributed by atoms with Gasteiger partial charge in [0.15, 0.2) is 0 Å². The number of hydrogen-bond acceptors (Lipinski definition) is 4. The molecule has 1 unspecified atom stereocenters. The molecule has 134 valence electrons. The van der Waals surface area contributed by atoms with Crippen LogP contribution in [0.1, 0.15) is 24.3 Å². The van der Waals surface area contributed by atoms with Gasteiger partial charge in [-0.25, -0.2) is 0 Å². The predicted octanol–water partition coefficient (Wildman–Crippen LogP) is 2.93. The molecule has 5 nitrogen and oxygen atoms in total. The summed E-state index contributed by atoms with van der Waals surface area (Å²) < 4.78 is 5.32. The molecule has 1 amide bonds. The van der Waals surface area contributed by atoms with E-state index in [1.807, 2.05) is 31.2 Å². The van der Waals surface area contributed by atoms with Crippen LogP contribution >= 0.6 is 11.6 Å². The first kappa shape index (κ1) is 18.0. The summed E-state index contributed by atoms with van der Waals surface area (Å²) in [4.78, 5) is 16.8. The van der Waals surface area contributed by atoms with Gasteiger partial charge in [-0.15, -0.1) is 0 Å². The average Bonchev–Trinajstić information content (AvgIpc) is 3.13. The van der Waals surface area contributed by atoms with Crippen LogP contribution in [0.15, 0.2) is 47.1 Å². The van der Waals surface area contributed by atoms with Crippen LogP contribution in [0.4, 0.5) is 0 Å². The first-order chi connectivity index (χ1) is 12.1. The van der Waals surface area contributed by atoms with E-state index in [4.69, 9.17) is 16.0 Å². The molecule has 0 spiro atoms. The van der Waals surface area contributed by atoms with Gasteiger partial charge in [-0.3, -0.25) is 14.6 Å². The van der Waals surface area contributed by atoms with Crippen molar-refractivity contribution in [1.29, 1.82) is 0 Å². The van der Waals surface area contributed by atoms with Crippen LogP contribution in [-0.2, 0) is 11.3 Å². The van der Waals surface area contributed by atoms with Gasteiger partial charge in [0.05, 0.1) is 18.8 Å². The number of amides is 1. The fourth-order valence-electron chi connectivity index (χ4n) is 3.05. The maximum Gasteiger partial charge on any atom is 0.234 e. The molecule has 0 aliphatic carbocycles. The van der Waals surface area contributed by atoms with E-state index in [0.29, 0.717) is 6.54 Å². The van der Waals surface area contributed by atoms with Crippen LogP contribution in [0.3, 0.4) is 0 Å². The molecule has 1 aliphatic rings. The molecule has 0 bridgehead atoms. The van der Waals surface area contributed by atoms with Gasteiger partial charge in [-0.2, -0.15) is 0 Å². The number of nitrogens with zero attached hydrogens (tertiary/aromatic N) is 2. The summed E-state index contributed by atoms with van der Waals surface area (Å²) in [6, 6.07) is 11.6. The molecule has 6 heteroatoms. The molecule has 1 saturated heterocycles. The summed E-state index contributed by atoms with van der Waals surface area (Å²) in [5, 5.41) is 3.75. The number of nitrogens with one attached hydrogen (secondary N) is 1. The lowest BCUT2D eigenvalue weighted by Crippen LogP contribution is -2.49. The van der Waals surface area contributed by atoms with Crippen molar-refractivity contribution >= 4 is 17.5 Å². The van der Waals surface area contributed by atoms with E-state index in [9.17, 15) is 4.79 Å². The van der Waals surface area contributed by atoms with E-state index in [-0.39, 0.29) is 11.9 Å². The van der Waals surface area contributed by atoms with Gasteiger partial charge >= 0.3 is 0 Å². The van der Waals surface area contributed by atoms with Crippen molar-refractivity contribution in [3.8, 4) is 0 Å². The van der Waals surface area contributed by atoms with E-state index in [1.54, 1.807) is 6.26 Å². The molecule has 0 saturated carbocycles. The standard InChI is InChI=1S/C19H24ClN3O2/c1-15(18-3-2-12-25-18)21-19(24)14-23-10-8-22(9-11-23)13-16-4-6-17(20)7-5-16/h2-7,12,15H,8-11,13-14H2,1H3,(H,21,24). The molecule has 2 aromatic rings. The molecule has 2 heterocycles. The zero-order chi connectivity index (χ0) is 17.6. The Morgan fingerprint density at radius 3 is 2.48 bits per heavy atom. The van der Waals surface area contributed by atoms with E-state index in [0.717, 1.165) is 43.5 Å². The summed E-state index contributed by atoms with van der Waals surface area (Å²) in [5.41, 5.74) is 1.27. The Hall–Kier alpha value is -1.82. The van der Waals surface area contributed by atoms with Gasteiger partial charge in [0.25, 0.3) is 0 Å². The maximum atomic E-state index is 12.2. The Morgan fingerprint density at radius 2 is 1.84 bits per heavy atom. The molecular formula is C19H24ClN3O2. The smallest absolute Gasteiger partial charge is 0.234 e. The summed E-state index contributed by atoms with van der Waals surface area (Å²) in [5.74, 6) is 0.816. The largest absolute Gasteiger partial charge is 0.467 e. The zero-order valence-electron chi connectivity index (χ0n) is 14.5. The molecule has 1 N–H and O–H groups in total. The number of carbonyl (C=O) groups excluding carboxylic acids is 1. The van der Waals surface area contributed by atoms with Gasteiger partial charge < -0.3 is 9.73 Å². The predicted molar refractivity (Wildman–Crippen MR) is 98.4 cm³/mol. The molecule has 1 fully saturated rings. The third-order valence-electron chi connectivity index (χ3n) is 4.50. The quantitative estimate of drug-likeness (QED) is 0.859. The molecule has 25 heavy (non-hydrogen) atoms. The van der Waals surface area contributed by atoms with Crippen molar-refractivity contribution in [3.05, 3.63) is 59.0 Å². The lowest BCUT2D eigenvalue weighted by Gasteiger charge is -2.34. The fraction of sp³-hybridized carbons (Fsp3) is 0.421. The van der Waals surface area contributed by atoms with Crippen molar-refractivity contribution in [2.45, 2.75) is 19.5 Å². The van der Waals surface area contributed by atoms with Crippen LogP contribution in [0.5, 0.6) is 0 Å². The second-order valence-corrected chi connectivity index (χ2v) is 6.92. The zero-order valence-corrected chi connectivity index (χ0v) is 15.2. The molecule has 1 aliphatic heterocycles. The van der Waals surface area contributed by atoms with E-state index < -0.39 is 0 Å². The SMILES string of the molecule is CC(NC(=O)CN1CCN(Cc2ccc(Cl)cc2)CC1)c1ccco1. The monoisotopic (exact) mass is 361 g/mol. The summed E-state index contributed by atoms with van der Waals surface area (Å²) in [7, 11) is 0. The lowest BCUT2D eigenvalue weighted by molar-refractivity contribution is -0.123. The topological polar surface area (TPSA) is 48.7 Å². The highest BCUT2D eigenvalue weighted by Crippen LogP contribution is 2.14. The Labute approximate surface area is 153 Å². The lowest BCUT2D eigenvalue weighted by atomic mass is 10.2. The van der Waals surface area contributed by atoms with E-state index in [2.05, 4.69) is 27.2 Å². The highest BCUT2D eigenvalue weighted by Gasteiger charge is 2.20. The summed E-state index contributed by atoms with van der Waals surface area (Å²) in [6.07, 6.45) is 1.62. The fourth-order valence-corrected chi connectivity index (χ4v) is 3.18. The van der Waals surface area contributed by atoms with Gasteiger partial charge in [-0.1, -0.05) is 23.7 Å². The van der Waals surface area contributed by atoms with Crippen molar-refractivity contribution < 1.29 is 9.21 Å². The minimum Gasteiger partial charge on any atom is -0.467 e. The average molecular weight is 362 g/mol. The van der Waals surface area contributed by atoms with Crippen LogP contribution in [0, 0.1) is 0 Å². The molecule has 0 radical (unpaired) electrons. The third kappa shape index (κ3) is 5.33. The second kappa shape index (κ2) is 8.52. The van der Waals surface area contributed by atoms with Gasteiger partial charge in [0.1, 0.15) is 5.76 Å².